The number of rotatable bonds is 14. The zero-order valence-electron chi connectivity index (χ0n) is 30.8. The van der Waals surface area contributed by atoms with E-state index in [9.17, 15) is 31.2 Å². The number of carbonyl (C=O) groups is 3. The van der Waals surface area contributed by atoms with Crippen molar-refractivity contribution >= 4 is 82.5 Å². The van der Waals surface area contributed by atoms with Gasteiger partial charge in [-0.2, -0.15) is 9.44 Å². The predicted octanol–water partition coefficient (Wildman–Crippen LogP) is 4.75. The van der Waals surface area contributed by atoms with E-state index < -0.39 is 55.5 Å². The minimum Gasteiger partial charge on any atom is -0.385 e. The highest BCUT2D eigenvalue weighted by molar-refractivity contribution is 7.89. The molecule has 0 spiro atoms. The van der Waals surface area contributed by atoms with Crippen molar-refractivity contribution in [1.29, 1.82) is 0 Å². The van der Waals surface area contributed by atoms with E-state index in [4.69, 9.17) is 27.9 Å². The summed E-state index contributed by atoms with van der Waals surface area (Å²) in [4.78, 5) is 47.3. The van der Waals surface area contributed by atoms with Crippen molar-refractivity contribution in [2.45, 2.75) is 73.6 Å². The summed E-state index contributed by atoms with van der Waals surface area (Å²) in [7, 11) is -6.89. The molecular formula is C38H43Cl2N5O8S2. The van der Waals surface area contributed by atoms with Gasteiger partial charge in [0, 0.05) is 49.4 Å². The van der Waals surface area contributed by atoms with E-state index in [0.29, 0.717) is 33.8 Å². The third-order valence-electron chi connectivity index (χ3n) is 10.3. The Balaban J connectivity index is 1.28. The van der Waals surface area contributed by atoms with Gasteiger partial charge in [0.2, 0.25) is 31.9 Å². The molecule has 2 N–H and O–H groups in total. The summed E-state index contributed by atoms with van der Waals surface area (Å²) in [5.74, 6) is -1.95. The van der Waals surface area contributed by atoms with Crippen LogP contribution in [0.3, 0.4) is 0 Å². The van der Waals surface area contributed by atoms with Gasteiger partial charge in [-0.25, -0.2) is 16.8 Å². The fourth-order valence-corrected chi connectivity index (χ4v) is 10.2. The number of halogens is 2. The Labute approximate surface area is 331 Å². The van der Waals surface area contributed by atoms with Crippen molar-refractivity contribution in [3.8, 4) is 0 Å². The van der Waals surface area contributed by atoms with Crippen molar-refractivity contribution in [3.63, 3.8) is 0 Å². The topological polar surface area (TPSA) is 162 Å². The van der Waals surface area contributed by atoms with Crippen LogP contribution in [0.25, 0.3) is 21.5 Å². The maximum atomic E-state index is 14.8. The second kappa shape index (κ2) is 16.0. The number of nitrogens with one attached hydrogen (secondary N) is 2. The van der Waals surface area contributed by atoms with Crippen molar-refractivity contribution in [2.75, 3.05) is 33.4 Å². The van der Waals surface area contributed by atoms with Crippen molar-refractivity contribution in [3.05, 3.63) is 82.8 Å². The van der Waals surface area contributed by atoms with Crippen LogP contribution in [0, 0.1) is 0 Å². The van der Waals surface area contributed by atoms with Crippen LogP contribution >= 0.6 is 23.2 Å². The standard InChI is InChI=1S/C38H43Cl2N5O8S2/c1-24(2)43(16-5-19-53-4)37(48)38(3,44-17-14-33(35(44)46)41-54(49,50)31-12-8-25-20-29(39)10-6-27(25)22-31)45-18-15-34(36(45)47)42-55(51,52)32-13-9-26-21-30(40)11-7-28(26)23-32/h6-13,20-24,33-34,41-42H,5,14-19H2,1-4H3/t33-,34-/m0/s1. The molecule has 3 amide bonds. The van der Waals surface area contributed by atoms with E-state index in [1.54, 1.807) is 60.5 Å². The molecule has 4 aromatic rings. The van der Waals surface area contributed by atoms with Crippen molar-refractivity contribution in [2.24, 2.45) is 0 Å². The molecule has 2 atom stereocenters. The summed E-state index contributed by atoms with van der Waals surface area (Å²) < 4.78 is 64.8. The third kappa shape index (κ3) is 8.20. The normalized spacial score (nSPS) is 18.3. The van der Waals surface area contributed by atoms with Gasteiger partial charge < -0.3 is 19.4 Å². The molecule has 2 aliphatic rings. The number of sulfonamides is 2. The van der Waals surface area contributed by atoms with Crippen LogP contribution < -0.4 is 9.44 Å². The smallest absolute Gasteiger partial charge is 0.269 e. The molecule has 17 heteroatoms. The van der Waals surface area contributed by atoms with Crippen molar-refractivity contribution < 1.29 is 36.0 Å². The molecule has 0 radical (unpaired) electrons. The summed E-state index contributed by atoms with van der Waals surface area (Å²) in [6.45, 7) is 5.57. The van der Waals surface area contributed by atoms with Crippen LogP contribution in [0.15, 0.2) is 82.6 Å². The highest BCUT2D eigenvalue weighted by Crippen LogP contribution is 2.34. The monoisotopic (exact) mass is 831 g/mol. The molecular weight excluding hydrogens is 789 g/mol. The average Bonchev–Trinajstić information content (AvgIpc) is 3.69. The molecule has 55 heavy (non-hydrogen) atoms. The largest absolute Gasteiger partial charge is 0.385 e. The Morgan fingerprint density at radius 3 is 1.62 bits per heavy atom. The molecule has 0 aliphatic carbocycles. The first-order valence-corrected chi connectivity index (χ1v) is 21.5. The molecule has 294 valence electrons. The maximum Gasteiger partial charge on any atom is 0.269 e. The van der Waals surface area contributed by atoms with Gasteiger partial charge in [-0.05, 0) is 110 Å². The molecule has 2 heterocycles. The maximum absolute atomic E-state index is 14.8. The Kier molecular flexibility index (Phi) is 11.8. The van der Waals surface area contributed by atoms with E-state index in [0.717, 1.165) is 10.8 Å². The zero-order chi connectivity index (χ0) is 39.9. The number of hydrogen-bond acceptors (Lipinski definition) is 8. The number of hydrogen-bond donors (Lipinski definition) is 2. The first-order valence-electron chi connectivity index (χ1n) is 17.8. The van der Waals surface area contributed by atoms with Crippen LogP contribution in [0.2, 0.25) is 10.0 Å². The van der Waals surface area contributed by atoms with Gasteiger partial charge in [0.05, 0.1) is 9.79 Å². The molecule has 0 aromatic heterocycles. The van der Waals surface area contributed by atoms with Crippen LogP contribution in [0.1, 0.15) is 40.0 Å². The Hall–Kier alpha value is -3.83. The van der Waals surface area contributed by atoms with Gasteiger partial charge in [-0.1, -0.05) is 47.5 Å². The summed E-state index contributed by atoms with van der Waals surface area (Å²) in [5, 5.41) is 3.75. The molecule has 0 saturated carbocycles. The number of amides is 3. The number of nitrogens with zero attached hydrogens (tertiary/aromatic N) is 3. The number of likely N-dealkylation sites (tertiary alicyclic amines) is 2. The lowest BCUT2D eigenvalue weighted by Gasteiger charge is -2.47. The first-order chi connectivity index (χ1) is 26.0. The second-order valence-electron chi connectivity index (χ2n) is 14.2. The van der Waals surface area contributed by atoms with E-state index in [1.165, 1.54) is 41.0 Å². The lowest BCUT2D eigenvalue weighted by Crippen LogP contribution is -2.69. The minimum atomic E-state index is -4.22. The van der Waals surface area contributed by atoms with Gasteiger partial charge in [0.1, 0.15) is 12.1 Å². The Morgan fingerprint density at radius 2 is 1.20 bits per heavy atom. The van der Waals surface area contributed by atoms with E-state index in [2.05, 4.69) is 9.44 Å². The van der Waals surface area contributed by atoms with Crippen LogP contribution in [-0.2, 0) is 39.2 Å². The van der Waals surface area contributed by atoms with E-state index >= 15 is 0 Å². The molecule has 6 rings (SSSR count). The fourth-order valence-electron chi connectivity index (χ4n) is 7.30. The van der Waals surface area contributed by atoms with Crippen LogP contribution in [-0.4, -0.2) is 106 Å². The van der Waals surface area contributed by atoms with Gasteiger partial charge in [-0.3, -0.25) is 14.4 Å². The predicted molar refractivity (Wildman–Crippen MR) is 211 cm³/mol. The van der Waals surface area contributed by atoms with Gasteiger partial charge in [-0.15, -0.1) is 0 Å². The Bertz CT molecular complexity index is 2230. The van der Waals surface area contributed by atoms with Crippen molar-refractivity contribution in [1.82, 2.24) is 24.1 Å². The van der Waals surface area contributed by atoms with Crippen LogP contribution in [0.4, 0.5) is 0 Å². The molecule has 0 bridgehead atoms. The highest BCUT2D eigenvalue weighted by atomic mass is 35.5. The number of ether oxygens (including phenoxy) is 1. The number of carbonyl (C=O) groups excluding carboxylic acids is 3. The van der Waals surface area contributed by atoms with E-state index in [1.807, 2.05) is 13.8 Å². The first kappa shape index (κ1) is 40.8. The second-order valence-corrected chi connectivity index (χ2v) is 18.5. The van der Waals surface area contributed by atoms with Crippen LogP contribution in [0.5, 0.6) is 0 Å². The molecule has 13 nitrogen and oxygen atoms in total. The quantitative estimate of drug-likeness (QED) is 0.172. The summed E-state index contributed by atoms with van der Waals surface area (Å²) >= 11 is 12.2. The van der Waals surface area contributed by atoms with Gasteiger partial charge in [0.25, 0.3) is 5.91 Å². The highest BCUT2D eigenvalue weighted by Gasteiger charge is 2.57. The Morgan fingerprint density at radius 1 is 0.782 bits per heavy atom. The number of methoxy groups -OCH3 is 1. The summed E-state index contributed by atoms with van der Waals surface area (Å²) in [5.41, 5.74) is -1.93. The molecule has 2 aliphatic heterocycles. The third-order valence-corrected chi connectivity index (χ3v) is 13.7. The fraction of sp³-hybridized carbons (Fsp3) is 0.395. The molecule has 2 saturated heterocycles. The lowest BCUT2D eigenvalue weighted by atomic mass is 10.0. The molecule has 0 unspecified atom stereocenters. The van der Waals surface area contributed by atoms with Gasteiger partial charge in [0.15, 0.2) is 5.66 Å². The molecule has 4 aromatic carbocycles. The SMILES string of the molecule is COCCCN(C(=O)C(C)(N1CC[C@H](NS(=O)(=O)c2ccc3cc(Cl)ccc3c2)C1=O)N1CC[C@H](NS(=O)(=O)c2ccc3cc(Cl)ccc3c2)C1=O)C(C)C. The molecule has 2 fully saturated rings. The lowest BCUT2D eigenvalue weighted by molar-refractivity contribution is -0.171. The minimum absolute atomic E-state index is 0.0146. The number of benzene rings is 4. The zero-order valence-corrected chi connectivity index (χ0v) is 33.9. The summed E-state index contributed by atoms with van der Waals surface area (Å²) in [6.07, 6.45) is 0.501. The number of fused-ring (bicyclic) bond motifs is 2. The van der Waals surface area contributed by atoms with E-state index in [-0.39, 0.29) is 48.3 Å². The van der Waals surface area contributed by atoms with Gasteiger partial charge >= 0.3 is 0 Å². The average molecular weight is 833 g/mol. The summed E-state index contributed by atoms with van der Waals surface area (Å²) in [6, 6.07) is 16.3.